The van der Waals surface area contributed by atoms with Crippen LogP contribution in [0.25, 0.3) is 0 Å². The molecule has 2 aliphatic rings. The minimum Gasteiger partial charge on any atom is -0.496 e. The standard InChI is InChI=1S/C24H29FN4O2/c1-3-27-12-14-28(15-13-27)17-24(30)29-22(19-9-5-7-11-23(19)31-2)16-21(26-29)18-8-4-6-10-20(18)25/h4-11,22H,3,12-17H2,1-2H3/t22-/m0/s1. The molecule has 4 rings (SSSR count). The molecule has 0 saturated carbocycles. The van der Waals surface area contributed by atoms with Gasteiger partial charge < -0.3 is 9.64 Å². The van der Waals surface area contributed by atoms with Gasteiger partial charge >= 0.3 is 0 Å². The molecule has 0 aromatic heterocycles. The van der Waals surface area contributed by atoms with E-state index in [-0.39, 0.29) is 17.8 Å². The normalized spacial score (nSPS) is 20.0. The topological polar surface area (TPSA) is 48.4 Å². The van der Waals surface area contributed by atoms with Crippen molar-refractivity contribution in [3.8, 4) is 5.75 Å². The first kappa shape index (κ1) is 21.5. The van der Waals surface area contributed by atoms with Gasteiger partial charge in [0.25, 0.3) is 5.91 Å². The molecule has 164 valence electrons. The fourth-order valence-corrected chi connectivity index (χ4v) is 4.31. The number of methoxy groups -OCH3 is 1. The second-order valence-electron chi connectivity index (χ2n) is 7.94. The maximum Gasteiger partial charge on any atom is 0.257 e. The van der Waals surface area contributed by atoms with E-state index in [9.17, 15) is 9.18 Å². The Bertz CT molecular complexity index is 956. The lowest BCUT2D eigenvalue weighted by atomic mass is 9.97. The van der Waals surface area contributed by atoms with Gasteiger partial charge in [-0.05, 0) is 18.7 Å². The van der Waals surface area contributed by atoms with Gasteiger partial charge in [0.15, 0.2) is 0 Å². The number of likely N-dealkylation sites (N-methyl/N-ethyl adjacent to an activating group) is 1. The zero-order chi connectivity index (χ0) is 21.8. The first-order valence-electron chi connectivity index (χ1n) is 10.8. The lowest BCUT2D eigenvalue weighted by Gasteiger charge is -2.34. The fourth-order valence-electron chi connectivity index (χ4n) is 4.31. The van der Waals surface area contributed by atoms with E-state index in [1.807, 2.05) is 24.3 Å². The Labute approximate surface area is 182 Å². The monoisotopic (exact) mass is 424 g/mol. The Hall–Kier alpha value is -2.77. The van der Waals surface area contributed by atoms with Crippen molar-refractivity contribution in [1.82, 2.24) is 14.8 Å². The quantitative estimate of drug-likeness (QED) is 0.715. The summed E-state index contributed by atoms with van der Waals surface area (Å²) in [6.45, 7) is 7.12. The van der Waals surface area contributed by atoms with E-state index in [1.165, 1.54) is 11.1 Å². The number of para-hydroxylation sites is 1. The summed E-state index contributed by atoms with van der Waals surface area (Å²) in [6.07, 6.45) is 0.441. The molecular weight excluding hydrogens is 395 g/mol. The highest BCUT2D eigenvalue weighted by atomic mass is 19.1. The highest BCUT2D eigenvalue weighted by Gasteiger charge is 2.36. The van der Waals surface area contributed by atoms with Gasteiger partial charge in [-0.2, -0.15) is 5.10 Å². The Morgan fingerprint density at radius 1 is 1.06 bits per heavy atom. The fraction of sp³-hybridized carbons (Fsp3) is 0.417. The first-order valence-corrected chi connectivity index (χ1v) is 10.8. The summed E-state index contributed by atoms with van der Waals surface area (Å²) in [4.78, 5) is 17.9. The molecule has 1 fully saturated rings. The van der Waals surface area contributed by atoms with Crippen LogP contribution in [0.4, 0.5) is 4.39 Å². The molecule has 2 aromatic carbocycles. The number of hydrazone groups is 1. The number of ether oxygens (including phenoxy) is 1. The first-order chi connectivity index (χ1) is 15.1. The van der Waals surface area contributed by atoms with Crippen LogP contribution in [-0.4, -0.2) is 72.8 Å². The molecule has 1 saturated heterocycles. The van der Waals surface area contributed by atoms with E-state index in [2.05, 4.69) is 21.8 Å². The molecule has 2 aliphatic heterocycles. The van der Waals surface area contributed by atoms with Gasteiger partial charge in [-0.1, -0.05) is 43.3 Å². The predicted molar refractivity (Wildman–Crippen MR) is 119 cm³/mol. The van der Waals surface area contributed by atoms with Crippen molar-refractivity contribution in [3.05, 3.63) is 65.5 Å². The van der Waals surface area contributed by atoms with E-state index in [0.29, 0.717) is 30.0 Å². The summed E-state index contributed by atoms with van der Waals surface area (Å²) < 4.78 is 20.0. The van der Waals surface area contributed by atoms with Crippen LogP contribution in [0.15, 0.2) is 53.6 Å². The van der Waals surface area contributed by atoms with E-state index in [4.69, 9.17) is 4.74 Å². The molecular formula is C24H29FN4O2. The van der Waals surface area contributed by atoms with Crippen molar-refractivity contribution in [1.29, 1.82) is 0 Å². The molecule has 1 amide bonds. The van der Waals surface area contributed by atoms with Gasteiger partial charge in [0.1, 0.15) is 11.6 Å². The smallest absolute Gasteiger partial charge is 0.257 e. The number of benzene rings is 2. The third kappa shape index (κ3) is 4.62. The van der Waals surface area contributed by atoms with Gasteiger partial charge in [-0.3, -0.25) is 9.69 Å². The number of hydrogen-bond acceptors (Lipinski definition) is 5. The third-order valence-electron chi connectivity index (χ3n) is 6.12. The lowest BCUT2D eigenvalue weighted by Crippen LogP contribution is -2.49. The van der Waals surface area contributed by atoms with Gasteiger partial charge in [0.05, 0.1) is 25.4 Å². The molecule has 0 aliphatic carbocycles. The molecule has 0 N–H and O–H groups in total. The Morgan fingerprint density at radius 3 is 2.45 bits per heavy atom. The van der Waals surface area contributed by atoms with Gasteiger partial charge in [-0.15, -0.1) is 0 Å². The molecule has 0 unspecified atom stereocenters. The third-order valence-corrected chi connectivity index (χ3v) is 6.12. The van der Waals surface area contributed by atoms with Crippen molar-refractivity contribution in [2.75, 3.05) is 46.4 Å². The van der Waals surface area contributed by atoms with Gasteiger partial charge in [0, 0.05) is 43.7 Å². The summed E-state index contributed by atoms with van der Waals surface area (Å²) >= 11 is 0. The summed E-state index contributed by atoms with van der Waals surface area (Å²) in [7, 11) is 1.62. The van der Waals surface area contributed by atoms with Gasteiger partial charge in [-0.25, -0.2) is 9.40 Å². The molecule has 2 aromatic rings. The number of rotatable bonds is 6. The minimum absolute atomic E-state index is 0.0767. The molecule has 0 radical (unpaired) electrons. The summed E-state index contributed by atoms with van der Waals surface area (Å²) in [5.41, 5.74) is 1.90. The largest absolute Gasteiger partial charge is 0.496 e. The molecule has 7 heteroatoms. The van der Waals surface area contributed by atoms with Crippen molar-refractivity contribution < 1.29 is 13.9 Å². The zero-order valence-corrected chi connectivity index (χ0v) is 18.1. The second-order valence-corrected chi connectivity index (χ2v) is 7.94. The molecule has 2 heterocycles. The average molecular weight is 425 g/mol. The molecule has 0 spiro atoms. The average Bonchev–Trinajstić information content (AvgIpc) is 3.25. The number of carbonyl (C=O) groups is 1. The van der Waals surface area contributed by atoms with Crippen LogP contribution in [0.2, 0.25) is 0 Å². The van der Waals surface area contributed by atoms with Gasteiger partial charge in [0.2, 0.25) is 0 Å². The molecule has 0 bridgehead atoms. The number of piperazine rings is 1. The van der Waals surface area contributed by atoms with Crippen LogP contribution in [0.3, 0.4) is 0 Å². The summed E-state index contributed by atoms with van der Waals surface area (Å²) in [5, 5.41) is 6.15. The van der Waals surface area contributed by atoms with E-state index in [0.717, 1.165) is 38.3 Å². The number of halogens is 1. The van der Waals surface area contributed by atoms with Crippen LogP contribution in [-0.2, 0) is 4.79 Å². The van der Waals surface area contributed by atoms with E-state index >= 15 is 0 Å². The van der Waals surface area contributed by atoms with Crippen LogP contribution in [0.5, 0.6) is 5.75 Å². The highest BCUT2D eigenvalue weighted by Crippen LogP contribution is 2.37. The van der Waals surface area contributed by atoms with Crippen molar-refractivity contribution >= 4 is 11.6 Å². The number of amides is 1. The number of hydrogen-bond donors (Lipinski definition) is 0. The lowest BCUT2D eigenvalue weighted by molar-refractivity contribution is -0.134. The second kappa shape index (κ2) is 9.58. The maximum atomic E-state index is 14.5. The van der Waals surface area contributed by atoms with Crippen LogP contribution >= 0.6 is 0 Å². The minimum atomic E-state index is -0.329. The summed E-state index contributed by atoms with van der Waals surface area (Å²) in [5.74, 6) is 0.295. The SMILES string of the molecule is CCN1CCN(CC(=O)N2N=C(c3ccccc3F)C[C@H]2c2ccccc2OC)CC1. The van der Waals surface area contributed by atoms with E-state index in [1.54, 1.807) is 25.3 Å². The predicted octanol–water partition coefficient (Wildman–Crippen LogP) is 3.15. The maximum absolute atomic E-state index is 14.5. The van der Waals surface area contributed by atoms with Crippen LogP contribution in [0, 0.1) is 5.82 Å². The highest BCUT2D eigenvalue weighted by molar-refractivity contribution is 6.03. The van der Waals surface area contributed by atoms with Crippen LogP contribution < -0.4 is 4.74 Å². The van der Waals surface area contributed by atoms with Crippen LogP contribution in [0.1, 0.15) is 30.5 Å². The van der Waals surface area contributed by atoms with Crippen molar-refractivity contribution in [2.24, 2.45) is 5.10 Å². The summed E-state index contributed by atoms with van der Waals surface area (Å²) in [6, 6.07) is 13.9. The zero-order valence-electron chi connectivity index (χ0n) is 18.1. The molecule has 1 atom stereocenters. The van der Waals surface area contributed by atoms with Crippen molar-refractivity contribution in [3.63, 3.8) is 0 Å². The Kier molecular flexibility index (Phi) is 6.63. The Balaban J connectivity index is 1.60. The van der Waals surface area contributed by atoms with Crippen molar-refractivity contribution in [2.45, 2.75) is 19.4 Å². The number of nitrogens with zero attached hydrogens (tertiary/aromatic N) is 4. The number of carbonyl (C=O) groups excluding carboxylic acids is 1. The molecule has 6 nitrogen and oxygen atoms in total. The Morgan fingerprint density at radius 2 is 1.74 bits per heavy atom. The molecule has 31 heavy (non-hydrogen) atoms. The van der Waals surface area contributed by atoms with E-state index < -0.39 is 0 Å².